The molecule has 68 valence electrons. The van der Waals surface area contributed by atoms with Crippen molar-refractivity contribution in [1.29, 1.82) is 10.5 Å². The largest absolute Gasteiger partial charge is 0.465 e. The zero-order valence-electron chi connectivity index (χ0n) is 7.23. The third-order valence-electron chi connectivity index (χ3n) is 1.10. The zero-order valence-corrected chi connectivity index (χ0v) is 7.23. The molecule has 0 saturated heterocycles. The van der Waals surface area contributed by atoms with Crippen LogP contribution >= 0.6 is 0 Å². The molecule has 0 aromatic carbocycles. The van der Waals surface area contributed by atoms with Gasteiger partial charge in [-0.1, -0.05) is 0 Å². The first kappa shape index (κ1) is 11.1. The van der Waals surface area contributed by atoms with Crippen LogP contribution in [0.3, 0.4) is 0 Å². The number of nitriles is 2. The van der Waals surface area contributed by atoms with E-state index < -0.39 is 11.9 Å². The van der Waals surface area contributed by atoms with Crippen LogP contribution in [0.5, 0.6) is 0 Å². The van der Waals surface area contributed by atoms with Crippen molar-refractivity contribution in [1.82, 2.24) is 0 Å². The predicted octanol–water partition coefficient (Wildman–Crippen LogP) is 0.284. The SMILES string of the molecule is CCOC(=O)C(C#N)C=NCC#N. The Kier molecular flexibility index (Phi) is 5.82. The summed E-state index contributed by atoms with van der Waals surface area (Å²) in [5, 5.41) is 16.6. The summed E-state index contributed by atoms with van der Waals surface area (Å²) in [6, 6.07) is 3.47. The van der Waals surface area contributed by atoms with E-state index in [1.165, 1.54) is 0 Å². The van der Waals surface area contributed by atoms with Crippen molar-refractivity contribution in [3.8, 4) is 12.1 Å². The number of esters is 1. The highest BCUT2D eigenvalue weighted by atomic mass is 16.5. The number of carbonyl (C=O) groups is 1. The van der Waals surface area contributed by atoms with Crippen molar-refractivity contribution in [3.63, 3.8) is 0 Å². The summed E-state index contributed by atoms with van der Waals surface area (Å²) in [5.74, 6) is -1.64. The number of carbonyl (C=O) groups excluding carboxylic acids is 1. The first-order valence-electron chi connectivity index (χ1n) is 3.69. The number of aliphatic imine (C=N–C) groups is 1. The van der Waals surface area contributed by atoms with Gasteiger partial charge in [-0.05, 0) is 6.92 Å². The van der Waals surface area contributed by atoms with E-state index in [1.54, 1.807) is 19.1 Å². The third kappa shape index (κ3) is 4.54. The topological polar surface area (TPSA) is 86.2 Å². The number of nitrogens with zero attached hydrogens (tertiary/aromatic N) is 3. The van der Waals surface area contributed by atoms with Crippen LogP contribution in [0, 0.1) is 28.6 Å². The first-order valence-corrected chi connectivity index (χ1v) is 3.69. The van der Waals surface area contributed by atoms with Crippen molar-refractivity contribution in [2.24, 2.45) is 10.9 Å². The van der Waals surface area contributed by atoms with Gasteiger partial charge in [0.2, 0.25) is 0 Å². The number of hydrogen-bond acceptors (Lipinski definition) is 5. The van der Waals surface area contributed by atoms with Crippen molar-refractivity contribution < 1.29 is 9.53 Å². The van der Waals surface area contributed by atoms with E-state index >= 15 is 0 Å². The van der Waals surface area contributed by atoms with Crippen LogP contribution in [-0.2, 0) is 9.53 Å². The van der Waals surface area contributed by atoms with Crippen molar-refractivity contribution in [2.75, 3.05) is 13.2 Å². The van der Waals surface area contributed by atoms with Crippen LogP contribution < -0.4 is 0 Å². The normalized spacial score (nSPS) is 11.6. The van der Waals surface area contributed by atoms with E-state index in [4.69, 9.17) is 10.5 Å². The van der Waals surface area contributed by atoms with E-state index in [-0.39, 0.29) is 13.2 Å². The fourth-order valence-corrected chi connectivity index (χ4v) is 0.578. The van der Waals surface area contributed by atoms with Gasteiger partial charge in [0.05, 0.1) is 18.7 Å². The summed E-state index contributed by atoms with van der Waals surface area (Å²) in [5.41, 5.74) is 0. The van der Waals surface area contributed by atoms with Crippen molar-refractivity contribution in [2.45, 2.75) is 6.92 Å². The van der Waals surface area contributed by atoms with Gasteiger partial charge in [0.15, 0.2) is 5.92 Å². The minimum atomic E-state index is -1.01. The van der Waals surface area contributed by atoms with Crippen molar-refractivity contribution in [3.05, 3.63) is 0 Å². The summed E-state index contributed by atoms with van der Waals surface area (Å²) >= 11 is 0. The lowest BCUT2D eigenvalue weighted by Crippen LogP contribution is -2.17. The summed E-state index contributed by atoms with van der Waals surface area (Å²) in [6.45, 7) is 1.82. The number of ether oxygens (including phenoxy) is 1. The fourth-order valence-electron chi connectivity index (χ4n) is 0.578. The molecule has 0 aliphatic carbocycles. The Morgan fingerprint density at radius 3 is 2.85 bits per heavy atom. The Labute approximate surface area is 76.2 Å². The zero-order chi connectivity index (χ0) is 10.1. The lowest BCUT2D eigenvalue weighted by atomic mass is 10.2. The second-order valence-electron chi connectivity index (χ2n) is 2.01. The standard InChI is InChI=1S/C8H9N3O2/c1-2-13-8(12)7(5-10)6-11-4-3-9/h6-7H,2,4H2,1H3. The van der Waals surface area contributed by atoms with E-state index in [9.17, 15) is 4.79 Å². The molecule has 0 heterocycles. The molecule has 0 aromatic heterocycles. The smallest absolute Gasteiger partial charge is 0.328 e. The maximum Gasteiger partial charge on any atom is 0.328 e. The number of rotatable bonds is 4. The Morgan fingerprint density at radius 1 is 1.69 bits per heavy atom. The van der Waals surface area contributed by atoms with Gasteiger partial charge in [-0.3, -0.25) is 9.79 Å². The molecule has 0 radical (unpaired) electrons. The molecular formula is C8H9N3O2. The summed E-state index contributed by atoms with van der Waals surface area (Å²) < 4.78 is 4.59. The summed E-state index contributed by atoms with van der Waals surface area (Å²) in [6.07, 6.45) is 1.13. The fraction of sp³-hybridized carbons (Fsp3) is 0.500. The molecule has 0 spiro atoms. The van der Waals surface area contributed by atoms with Gasteiger partial charge in [0.25, 0.3) is 0 Å². The highest BCUT2D eigenvalue weighted by Crippen LogP contribution is 1.94. The van der Waals surface area contributed by atoms with Crippen LogP contribution in [0.25, 0.3) is 0 Å². The maximum absolute atomic E-state index is 10.9. The van der Waals surface area contributed by atoms with Gasteiger partial charge in [0, 0.05) is 6.21 Å². The molecule has 0 aliphatic rings. The third-order valence-corrected chi connectivity index (χ3v) is 1.10. The molecule has 0 amide bonds. The molecule has 0 N–H and O–H groups in total. The van der Waals surface area contributed by atoms with E-state index in [0.717, 1.165) is 6.21 Å². The maximum atomic E-state index is 10.9. The minimum absolute atomic E-state index is 0.0580. The summed E-state index contributed by atoms with van der Waals surface area (Å²) in [7, 11) is 0. The molecular weight excluding hydrogens is 170 g/mol. The highest BCUT2D eigenvalue weighted by molar-refractivity contribution is 5.92. The van der Waals surface area contributed by atoms with Crippen LogP contribution in [0.15, 0.2) is 4.99 Å². The van der Waals surface area contributed by atoms with Crippen LogP contribution in [0.2, 0.25) is 0 Å². The summed E-state index contributed by atoms with van der Waals surface area (Å²) in [4.78, 5) is 14.5. The Bertz CT molecular complexity index is 272. The van der Waals surface area contributed by atoms with Gasteiger partial charge in [-0.25, -0.2) is 0 Å². The molecule has 1 atom stereocenters. The van der Waals surface area contributed by atoms with E-state index in [1.807, 2.05) is 0 Å². The van der Waals surface area contributed by atoms with Gasteiger partial charge in [-0.15, -0.1) is 0 Å². The molecule has 0 aromatic rings. The monoisotopic (exact) mass is 179 g/mol. The lowest BCUT2D eigenvalue weighted by Gasteiger charge is -2.01. The molecule has 0 saturated carbocycles. The van der Waals surface area contributed by atoms with Crippen molar-refractivity contribution >= 4 is 12.2 Å². The average Bonchev–Trinajstić information content (AvgIpc) is 2.13. The second-order valence-corrected chi connectivity index (χ2v) is 2.01. The molecule has 5 heteroatoms. The van der Waals surface area contributed by atoms with Gasteiger partial charge in [0.1, 0.15) is 6.54 Å². The van der Waals surface area contributed by atoms with Gasteiger partial charge >= 0.3 is 5.97 Å². The molecule has 0 aliphatic heterocycles. The lowest BCUT2D eigenvalue weighted by molar-refractivity contribution is -0.143. The molecule has 13 heavy (non-hydrogen) atoms. The van der Waals surface area contributed by atoms with E-state index in [0.29, 0.717) is 0 Å². The molecule has 0 fully saturated rings. The number of hydrogen-bond donors (Lipinski definition) is 0. The molecule has 0 rings (SSSR count). The second kappa shape index (κ2) is 6.81. The van der Waals surface area contributed by atoms with Crippen LogP contribution in [0.1, 0.15) is 6.92 Å². The molecule has 1 unspecified atom stereocenters. The van der Waals surface area contributed by atoms with E-state index in [2.05, 4.69) is 9.73 Å². The Hall–Kier alpha value is -1.88. The molecule has 5 nitrogen and oxygen atoms in total. The average molecular weight is 179 g/mol. The highest BCUT2D eigenvalue weighted by Gasteiger charge is 2.15. The van der Waals surface area contributed by atoms with Crippen LogP contribution in [0.4, 0.5) is 0 Å². The quantitative estimate of drug-likeness (QED) is 0.352. The Morgan fingerprint density at radius 2 is 2.38 bits per heavy atom. The predicted molar refractivity (Wildman–Crippen MR) is 44.7 cm³/mol. The van der Waals surface area contributed by atoms with Gasteiger partial charge in [-0.2, -0.15) is 10.5 Å². The van der Waals surface area contributed by atoms with Gasteiger partial charge < -0.3 is 4.74 Å². The minimum Gasteiger partial charge on any atom is -0.465 e. The Balaban J connectivity index is 4.13. The first-order chi connectivity index (χ1) is 6.26. The molecule has 0 bridgehead atoms. The van der Waals surface area contributed by atoms with Crippen LogP contribution in [-0.4, -0.2) is 25.3 Å².